The Morgan fingerprint density at radius 1 is 1.18 bits per heavy atom. The zero-order chi connectivity index (χ0) is 23.8. The number of nitrogens with one attached hydrogen (secondary N) is 1. The molecule has 0 aromatic heterocycles. The van der Waals surface area contributed by atoms with Gasteiger partial charge < -0.3 is 9.80 Å². The van der Waals surface area contributed by atoms with Gasteiger partial charge in [-0.3, -0.25) is 0 Å². The minimum absolute atomic E-state index is 0.00237. The molecule has 33 heavy (non-hydrogen) atoms. The fraction of sp³-hybridized carbons (Fsp3) is 0.458. The first kappa shape index (κ1) is 23.6. The zero-order valence-electron chi connectivity index (χ0n) is 18.8. The third-order valence-electron chi connectivity index (χ3n) is 6.48. The van der Waals surface area contributed by atoms with Crippen molar-refractivity contribution >= 4 is 16.1 Å². The molecule has 2 aromatic carbocycles. The minimum Gasteiger partial charge on any atom is -0.325 e. The number of nitrogens with zero attached hydrogens (tertiary/aromatic N) is 2. The van der Waals surface area contributed by atoms with Gasteiger partial charge in [0.2, 0.25) is 10.0 Å². The van der Waals surface area contributed by atoms with Gasteiger partial charge in [0.15, 0.2) is 0 Å². The minimum atomic E-state index is -3.72. The highest BCUT2D eigenvalue weighted by Gasteiger charge is 2.47. The molecule has 6 nitrogen and oxygen atoms in total. The van der Waals surface area contributed by atoms with Crippen LogP contribution >= 0.6 is 0 Å². The van der Waals surface area contributed by atoms with E-state index in [1.54, 1.807) is 23.1 Å². The number of carbonyl (C=O) groups excluding carboxylic acids is 1. The summed E-state index contributed by atoms with van der Waals surface area (Å²) in [4.78, 5) is 16.0. The average molecular weight is 478 g/mol. The molecule has 2 aromatic rings. The van der Waals surface area contributed by atoms with Crippen molar-refractivity contribution in [2.24, 2.45) is 0 Å². The molecule has 0 unspecified atom stereocenters. The summed E-state index contributed by atoms with van der Waals surface area (Å²) in [6.45, 7) is 4.33. The summed E-state index contributed by atoms with van der Waals surface area (Å²) in [5.74, 6) is -0.654. The normalized spacial score (nSPS) is 23.0. The van der Waals surface area contributed by atoms with Crippen molar-refractivity contribution < 1.29 is 22.0 Å². The number of alkyl halides is 1. The van der Waals surface area contributed by atoms with Gasteiger partial charge in [0.1, 0.15) is 12.0 Å². The quantitative estimate of drug-likeness (QED) is 0.693. The largest absolute Gasteiger partial charge is 0.325 e. The van der Waals surface area contributed by atoms with Crippen molar-refractivity contribution in [2.75, 3.05) is 25.4 Å². The summed E-state index contributed by atoms with van der Waals surface area (Å²) in [6, 6.07) is 10.2. The Hall–Kier alpha value is -2.52. The van der Waals surface area contributed by atoms with Crippen molar-refractivity contribution in [3.8, 4) is 11.1 Å². The van der Waals surface area contributed by atoms with Crippen molar-refractivity contribution in [3.63, 3.8) is 0 Å². The van der Waals surface area contributed by atoms with E-state index in [1.807, 2.05) is 31.2 Å². The van der Waals surface area contributed by atoms with Crippen LogP contribution in [0.2, 0.25) is 0 Å². The maximum Gasteiger partial charge on any atom is 0.320 e. The third kappa shape index (κ3) is 4.89. The van der Waals surface area contributed by atoms with Gasteiger partial charge in [-0.1, -0.05) is 48.0 Å². The molecule has 0 spiro atoms. The molecular formula is C24H29F2N3O3S. The second kappa shape index (κ2) is 9.38. The second-order valence-corrected chi connectivity index (χ2v) is 10.8. The van der Waals surface area contributed by atoms with Crippen LogP contribution in [-0.4, -0.2) is 67.9 Å². The number of rotatable bonds is 6. The summed E-state index contributed by atoms with van der Waals surface area (Å²) in [5.41, 5.74) is 2.45. The Kier molecular flexibility index (Phi) is 6.72. The topological polar surface area (TPSA) is 69.7 Å². The fourth-order valence-electron chi connectivity index (χ4n) is 4.46. The standard InChI is InChI=1S/C24H29F2N3O3S/c1-3-33(31,32)27-23-20(25)15-29(24(30)28-11-6-12-28)21(23)14-18-9-5-10-19(22(18)26)17-8-4-7-16(2)13-17/h4-5,7-10,13,20-21,23,27H,3,6,11-12,14-15H2,1-2H3/t20-,21-,23-/m0/s1. The van der Waals surface area contributed by atoms with Crippen LogP contribution in [0.5, 0.6) is 0 Å². The number of carbonyl (C=O) groups is 1. The third-order valence-corrected chi connectivity index (χ3v) is 7.87. The molecule has 0 radical (unpaired) electrons. The molecule has 2 fully saturated rings. The monoisotopic (exact) mass is 477 g/mol. The van der Waals surface area contributed by atoms with Gasteiger partial charge in [0.25, 0.3) is 0 Å². The van der Waals surface area contributed by atoms with E-state index in [0.717, 1.165) is 17.5 Å². The van der Waals surface area contributed by atoms with Crippen LogP contribution in [0, 0.1) is 12.7 Å². The number of benzene rings is 2. The lowest BCUT2D eigenvalue weighted by atomic mass is 9.95. The first-order valence-electron chi connectivity index (χ1n) is 11.2. The highest BCUT2D eigenvalue weighted by atomic mass is 32.2. The highest BCUT2D eigenvalue weighted by molar-refractivity contribution is 7.89. The van der Waals surface area contributed by atoms with Gasteiger partial charge in [0.05, 0.1) is 24.4 Å². The average Bonchev–Trinajstić information content (AvgIpc) is 3.03. The zero-order valence-corrected chi connectivity index (χ0v) is 19.6. The number of aryl methyl sites for hydroxylation is 1. The molecule has 3 atom stereocenters. The molecule has 1 N–H and O–H groups in total. The van der Waals surface area contributed by atoms with E-state index in [2.05, 4.69) is 4.72 Å². The number of urea groups is 1. The lowest BCUT2D eigenvalue weighted by Gasteiger charge is -2.37. The van der Waals surface area contributed by atoms with Crippen LogP contribution in [0.1, 0.15) is 24.5 Å². The smallest absolute Gasteiger partial charge is 0.320 e. The lowest BCUT2D eigenvalue weighted by Crippen LogP contribution is -2.55. The Balaban J connectivity index is 1.68. The first-order chi connectivity index (χ1) is 15.7. The van der Waals surface area contributed by atoms with Crippen LogP contribution < -0.4 is 4.72 Å². The molecule has 2 heterocycles. The van der Waals surface area contributed by atoms with Crippen LogP contribution in [0.4, 0.5) is 13.6 Å². The van der Waals surface area contributed by atoms with E-state index in [0.29, 0.717) is 24.2 Å². The SMILES string of the molecule is CCS(=O)(=O)N[C@H]1[C@@H](F)CN(C(=O)N2CCC2)[C@H]1Cc1cccc(-c2cccc(C)c2)c1F. The molecule has 9 heteroatoms. The summed E-state index contributed by atoms with van der Waals surface area (Å²) >= 11 is 0. The van der Waals surface area contributed by atoms with E-state index in [4.69, 9.17) is 0 Å². The second-order valence-electron chi connectivity index (χ2n) is 8.76. The summed E-state index contributed by atoms with van der Waals surface area (Å²) < 4.78 is 57.6. The molecular weight excluding hydrogens is 448 g/mol. The van der Waals surface area contributed by atoms with Crippen molar-refractivity contribution in [2.45, 2.75) is 44.9 Å². The van der Waals surface area contributed by atoms with Crippen LogP contribution in [-0.2, 0) is 16.4 Å². The molecule has 0 aliphatic carbocycles. The van der Waals surface area contributed by atoms with E-state index in [-0.39, 0.29) is 24.7 Å². The van der Waals surface area contributed by atoms with Crippen LogP contribution in [0.3, 0.4) is 0 Å². The molecule has 0 saturated carbocycles. The number of sulfonamides is 1. The number of hydrogen-bond acceptors (Lipinski definition) is 3. The van der Waals surface area contributed by atoms with Gasteiger partial charge in [-0.2, -0.15) is 0 Å². The highest BCUT2D eigenvalue weighted by Crippen LogP contribution is 2.31. The first-order valence-corrected chi connectivity index (χ1v) is 12.9. The molecule has 2 aliphatic rings. The van der Waals surface area contributed by atoms with E-state index in [9.17, 15) is 13.2 Å². The Bertz CT molecular complexity index is 1140. The Labute approximate surface area is 193 Å². The summed E-state index contributed by atoms with van der Waals surface area (Å²) in [7, 11) is -3.72. The fourth-order valence-corrected chi connectivity index (χ4v) is 5.35. The Morgan fingerprint density at radius 2 is 1.91 bits per heavy atom. The lowest BCUT2D eigenvalue weighted by molar-refractivity contribution is 0.119. The predicted molar refractivity (Wildman–Crippen MR) is 124 cm³/mol. The predicted octanol–water partition coefficient (Wildman–Crippen LogP) is 3.50. The number of likely N-dealkylation sites (tertiary alicyclic amines) is 2. The van der Waals surface area contributed by atoms with Crippen molar-refractivity contribution in [3.05, 3.63) is 59.4 Å². The summed E-state index contributed by atoms with van der Waals surface area (Å²) in [6.07, 6.45) is -0.699. The van der Waals surface area contributed by atoms with Crippen molar-refractivity contribution in [1.29, 1.82) is 0 Å². The number of halogens is 2. The molecule has 2 saturated heterocycles. The van der Waals surface area contributed by atoms with E-state index >= 15 is 8.78 Å². The molecule has 4 rings (SSSR count). The molecule has 0 bridgehead atoms. The van der Waals surface area contributed by atoms with E-state index < -0.39 is 34.1 Å². The maximum absolute atomic E-state index is 15.6. The van der Waals surface area contributed by atoms with Gasteiger partial charge in [-0.25, -0.2) is 26.7 Å². The van der Waals surface area contributed by atoms with Gasteiger partial charge >= 0.3 is 6.03 Å². The van der Waals surface area contributed by atoms with Crippen LogP contribution in [0.25, 0.3) is 11.1 Å². The van der Waals surface area contributed by atoms with Crippen LogP contribution in [0.15, 0.2) is 42.5 Å². The summed E-state index contributed by atoms with van der Waals surface area (Å²) in [5, 5.41) is 0. The number of hydrogen-bond donors (Lipinski definition) is 1. The van der Waals surface area contributed by atoms with Gasteiger partial charge in [-0.15, -0.1) is 0 Å². The van der Waals surface area contributed by atoms with Crippen molar-refractivity contribution in [1.82, 2.24) is 14.5 Å². The molecule has 2 amide bonds. The van der Waals surface area contributed by atoms with E-state index in [1.165, 1.54) is 11.8 Å². The van der Waals surface area contributed by atoms with Gasteiger partial charge in [-0.05, 0) is 37.8 Å². The van der Waals surface area contributed by atoms with Gasteiger partial charge in [0, 0.05) is 18.7 Å². The maximum atomic E-state index is 15.6. The number of amides is 2. The molecule has 2 aliphatic heterocycles. The molecule has 178 valence electrons. The Morgan fingerprint density at radius 3 is 2.55 bits per heavy atom.